The highest BCUT2D eigenvalue weighted by molar-refractivity contribution is 5.92. The predicted octanol–water partition coefficient (Wildman–Crippen LogP) is 2.41. The third kappa shape index (κ3) is 5.55. The van der Waals surface area contributed by atoms with Crippen molar-refractivity contribution in [2.24, 2.45) is 5.73 Å². The summed E-state index contributed by atoms with van der Waals surface area (Å²) in [6.07, 6.45) is 1.57. The normalized spacial score (nSPS) is 14.3. The zero-order valence-corrected chi connectivity index (χ0v) is 21.8. The van der Waals surface area contributed by atoms with Crippen molar-refractivity contribution < 1.29 is 18.7 Å². The van der Waals surface area contributed by atoms with Gasteiger partial charge in [0.1, 0.15) is 11.3 Å². The van der Waals surface area contributed by atoms with Crippen LogP contribution in [0.1, 0.15) is 30.0 Å². The van der Waals surface area contributed by atoms with Crippen LogP contribution in [0.2, 0.25) is 0 Å². The molecule has 1 atom stereocenters. The van der Waals surface area contributed by atoms with Crippen molar-refractivity contribution in [3.63, 3.8) is 0 Å². The number of carbonyl (C=O) groups is 1. The third-order valence-corrected chi connectivity index (χ3v) is 6.69. The molecule has 1 aliphatic rings. The molecular weight excluding hydrogens is 489 g/mol. The number of benzene rings is 2. The van der Waals surface area contributed by atoms with E-state index in [1.165, 1.54) is 14.2 Å². The van der Waals surface area contributed by atoms with Crippen LogP contribution in [-0.2, 0) is 17.6 Å². The SMILES string of the molecule is COc1cc2c(N)nc(N3CCN(C(=O)CCc4ccc(C#N)cc4CC(C)N)CC3)nc2c(F)c1OC. The Morgan fingerprint density at radius 2 is 1.89 bits per heavy atom. The number of amides is 1. The maximum atomic E-state index is 15.1. The highest BCUT2D eigenvalue weighted by Crippen LogP contribution is 2.37. The van der Waals surface area contributed by atoms with E-state index in [4.69, 9.17) is 20.9 Å². The van der Waals surface area contributed by atoms with Crippen LogP contribution in [-0.4, -0.2) is 67.2 Å². The second-order valence-corrected chi connectivity index (χ2v) is 9.38. The molecule has 200 valence electrons. The van der Waals surface area contributed by atoms with E-state index < -0.39 is 5.82 Å². The fourth-order valence-corrected chi connectivity index (χ4v) is 4.71. The number of piperazine rings is 1. The Morgan fingerprint density at radius 3 is 2.53 bits per heavy atom. The van der Waals surface area contributed by atoms with E-state index in [0.29, 0.717) is 62.3 Å². The van der Waals surface area contributed by atoms with Gasteiger partial charge in [0.2, 0.25) is 11.9 Å². The molecule has 0 aliphatic carbocycles. The van der Waals surface area contributed by atoms with Gasteiger partial charge in [-0.1, -0.05) is 6.07 Å². The highest BCUT2D eigenvalue weighted by Gasteiger charge is 2.25. The molecule has 1 saturated heterocycles. The van der Waals surface area contributed by atoms with E-state index in [9.17, 15) is 10.1 Å². The fourth-order valence-electron chi connectivity index (χ4n) is 4.71. The number of methoxy groups -OCH3 is 2. The van der Waals surface area contributed by atoms with Gasteiger partial charge in [0.15, 0.2) is 17.3 Å². The first-order valence-corrected chi connectivity index (χ1v) is 12.4. The minimum atomic E-state index is -0.669. The van der Waals surface area contributed by atoms with Gasteiger partial charge in [0, 0.05) is 44.0 Å². The largest absolute Gasteiger partial charge is 0.493 e. The molecule has 1 fully saturated rings. The Labute approximate surface area is 220 Å². The number of anilines is 2. The highest BCUT2D eigenvalue weighted by atomic mass is 19.1. The average molecular weight is 522 g/mol. The molecule has 0 saturated carbocycles. The van der Waals surface area contributed by atoms with E-state index in [1.54, 1.807) is 12.1 Å². The van der Waals surface area contributed by atoms with Crippen LogP contribution in [0.15, 0.2) is 24.3 Å². The second kappa shape index (κ2) is 11.5. The lowest BCUT2D eigenvalue weighted by Gasteiger charge is -2.35. The summed E-state index contributed by atoms with van der Waals surface area (Å²) in [4.78, 5) is 25.5. The monoisotopic (exact) mass is 521 g/mol. The molecular formula is C27H32FN7O3. The molecule has 0 bridgehead atoms. The molecule has 3 aromatic rings. The van der Waals surface area contributed by atoms with Crippen molar-refractivity contribution in [2.45, 2.75) is 32.2 Å². The summed E-state index contributed by atoms with van der Waals surface area (Å²) < 4.78 is 25.5. The van der Waals surface area contributed by atoms with E-state index >= 15 is 4.39 Å². The maximum absolute atomic E-state index is 15.1. The van der Waals surface area contributed by atoms with Crippen molar-refractivity contribution in [2.75, 3.05) is 51.0 Å². The Hall–Kier alpha value is -4.17. The molecule has 0 spiro atoms. The van der Waals surface area contributed by atoms with Crippen molar-refractivity contribution >= 4 is 28.6 Å². The summed E-state index contributed by atoms with van der Waals surface area (Å²) >= 11 is 0. The molecule has 0 radical (unpaired) electrons. The van der Waals surface area contributed by atoms with E-state index in [1.807, 2.05) is 28.9 Å². The fraction of sp³-hybridized carbons (Fsp3) is 0.407. The predicted molar refractivity (Wildman–Crippen MR) is 143 cm³/mol. The van der Waals surface area contributed by atoms with Gasteiger partial charge in [0.25, 0.3) is 0 Å². The molecule has 2 aromatic carbocycles. The molecule has 38 heavy (non-hydrogen) atoms. The van der Waals surface area contributed by atoms with Gasteiger partial charge in [-0.3, -0.25) is 4.79 Å². The molecule has 4 rings (SSSR count). The molecule has 1 aromatic heterocycles. The van der Waals surface area contributed by atoms with Crippen molar-refractivity contribution in [1.82, 2.24) is 14.9 Å². The quantitative estimate of drug-likeness (QED) is 0.457. The number of ether oxygens (including phenoxy) is 2. The summed E-state index contributed by atoms with van der Waals surface area (Å²) in [6.45, 7) is 3.85. The maximum Gasteiger partial charge on any atom is 0.228 e. The Kier molecular flexibility index (Phi) is 8.12. The van der Waals surface area contributed by atoms with Crippen LogP contribution in [0.25, 0.3) is 10.9 Å². The number of halogens is 1. The van der Waals surface area contributed by atoms with Crippen LogP contribution in [0, 0.1) is 17.1 Å². The topological polar surface area (TPSA) is 144 Å². The van der Waals surface area contributed by atoms with Crippen molar-refractivity contribution in [1.29, 1.82) is 5.26 Å². The number of aromatic nitrogens is 2. The third-order valence-electron chi connectivity index (χ3n) is 6.69. The molecule has 2 heterocycles. The Balaban J connectivity index is 1.43. The van der Waals surface area contributed by atoms with Crippen molar-refractivity contribution in [3.05, 3.63) is 46.8 Å². The van der Waals surface area contributed by atoms with Gasteiger partial charge in [-0.15, -0.1) is 0 Å². The summed E-state index contributed by atoms with van der Waals surface area (Å²) in [6, 6.07) is 9.20. The first kappa shape index (κ1) is 26.9. The number of aryl methyl sites for hydroxylation is 1. The zero-order chi connectivity index (χ0) is 27.4. The number of fused-ring (bicyclic) bond motifs is 1. The number of rotatable bonds is 8. The van der Waals surface area contributed by atoms with Crippen LogP contribution in [0.4, 0.5) is 16.2 Å². The lowest BCUT2D eigenvalue weighted by atomic mass is 9.95. The summed E-state index contributed by atoms with van der Waals surface area (Å²) in [7, 11) is 2.77. The average Bonchev–Trinajstić information content (AvgIpc) is 2.92. The van der Waals surface area contributed by atoms with Gasteiger partial charge in [-0.25, -0.2) is 9.37 Å². The number of hydrogen-bond acceptors (Lipinski definition) is 9. The lowest BCUT2D eigenvalue weighted by molar-refractivity contribution is -0.131. The number of nitriles is 1. The van der Waals surface area contributed by atoms with Gasteiger partial charge in [-0.05, 0) is 49.1 Å². The van der Waals surface area contributed by atoms with E-state index in [0.717, 1.165) is 11.1 Å². The van der Waals surface area contributed by atoms with Crippen LogP contribution < -0.4 is 25.8 Å². The number of nitrogen functional groups attached to an aromatic ring is 1. The zero-order valence-electron chi connectivity index (χ0n) is 21.8. The number of nitrogens with zero attached hydrogens (tertiary/aromatic N) is 5. The van der Waals surface area contributed by atoms with Crippen LogP contribution >= 0.6 is 0 Å². The van der Waals surface area contributed by atoms with E-state index in [2.05, 4.69) is 16.0 Å². The molecule has 4 N–H and O–H groups in total. The smallest absolute Gasteiger partial charge is 0.228 e. The van der Waals surface area contributed by atoms with Crippen LogP contribution in [0.5, 0.6) is 11.5 Å². The van der Waals surface area contributed by atoms with Crippen LogP contribution in [0.3, 0.4) is 0 Å². The number of hydrogen-bond donors (Lipinski definition) is 2. The van der Waals surface area contributed by atoms with Gasteiger partial charge in [0.05, 0.1) is 25.9 Å². The van der Waals surface area contributed by atoms with Gasteiger partial charge < -0.3 is 30.7 Å². The summed E-state index contributed by atoms with van der Waals surface area (Å²) in [5.74, 6) is -0.0383. The minimum absolute atomic E-state index is 0.0441. The lowest BCUT2D eigenvalue weighted by Crippen LogP contribution is -2.49. The number of nitrogens with two attached hydrogens (primary N) is 2. The van der Waals surface area contributed by atoms with E-state index in [-0.39, 0.29) is 34.8 Å². The minimum Gasteiger partial charge on any atom is -0.493 e. The first-order valence-electron chi connectivity index (χ1n) is 12.4. The molecule has 1 aliphatic heterocycles. The molecule has 11 heteroatoms. The van der Waals surface area contributed by atoms with Gasteiger partial charge in [-0.2, -0.15) is 10.2 Å². The summed E-state index contributed by atoms with van der Waals surface area (Å²) in [5.41, 5.74) is 14.8. The second-order valence-electron chi connectivity index (χ2n) is 9.38. The number of carbonyl (C=O) groups excluding carboxylic acids is 1. The van der Waals surface area contributed by atoms with Gasteiger partial charge >= 0.3 is 0 Å². The standard InChI is InChI=1S/C27H32FN7O3/c1-16(30)12-19-13-17(15-29)4-5-18(19)6-7-22(36)34-8-10-35(11-9-34)27-32-24-20(26(31)33-27)14-21(37-2)25(38-3)23(24)28/h4-5,13-14,16H,6-12,30H2,1-3H3,(H2,31,32,33). The Bertz CT molecular complexity index is 1380. The molecule has 10 nitrogen and oxygen atoms in total. The molecule has 1 amide bonds. The Morgan fingerprint density at radius 1 is 1.16 bits per heavy atom. The molecule has 1 unspecified atom stereocenters. The summed E-state index contributed by atoms with van der Waals surface area (Å²) in [5, 5.41) is 9.55. The first-order chi connectivity index (χ1) is 18.2. The van der Waals surface area contributed by atoms with Crippen molar-refractivity contribution in [3.8, 4) is 17.6 Å².